The van der Waals surface area contributed by atoms with E-state index in [2.05, 4.69) is 52.8 Å². The van der Waals surface area contributed by atoms with Crippen LogP contribution in [0.25, 0.3) is 0 Å². The van der Waals surface area contributed by atoms with Crippen molar-refractivity contribution in [2.24, 2.45) is 4.99 Å². The van der Waals surface area contributed by atoms with Crippen LogP contribution in [-0.2, 0) is 13.0 Å². The second-order valence-electron chi connectivity index (χ2n) is 7.53. The van der Waals surface area contributed by atoms with E-state index >= 15 is 0 Å². The van der Waals surface area contributed by atoms with E-state index in [-0.39, 0.29) is 6.03 Å². The van der Waals surface area contributed by atoms with Crippen molar-refractivity contribution in [3.05, 3.63) is 59.7 Å². The predicted octanol–water partition coefficient (Wildman–Crippen LogP) is 3.84. The van der Waals surface area contributed by atoms with E-state index in [1.807, 2.05) is 23.1 Å². The van der Waals surface area contributed by atoms with Crippen molar-refractivity contribution in [1.82, 2.24) is 10.2 Å². The van der Waals surface area contributed by atoms with Gasteiger partial charge in [0.25, 0.3) is 0 Å². The maximum atomic E-state index is 12.3. The van der Waals surface area contributed by atoms with Crippen LogP contribution in [0.2, 0.25) is 0 Å². The number of para-hydroxylation sites is 1. The summed E-state index contributed by atoms with van der Waals surface area (Å²) in [5, 5.41) is 6.44. The smallest absolute Gasteiger partial charge is 0.321 e. The molecule has 2 N–H and O–H groups in total. The average Bonchev–Trinajstić information content (AvgIpc) is 3.42. The number of anilines is 2. The lowest BCUT2D eigenvalue weighted by Crippen LogP contribution is -2.40. The monoisotopic (exact) mass is 391 g/mol. The fourth-order valence-corrected chi connectivity index (χ4v) is 3.99. The Morgan fingerprint density at radius 1 is 1.07 bits per heavy atom. The van der Waals surface area contributed by atoms with Gasteiger partial charge >= 0.3 is 6.03 Å². The van der Waals surface area contributed by atoms with Crippen molar-refractivity contribution in [1.29, 1.82) is 0 Å². The number of aliphatic imine (C=N–C) groups is 1. The molecule has 4 rings (SSSR count). The summed E-state index contributed by atoms with van der Waals surface area (Å²) in [6.07, 6.45) is 3.22. The number of hydrogen-bond donors (Lipinski definition) is 2. The highest BCUT2D eigenvalue weighted by Gasteiger charge is 2.22. The van der Waals surface area contributed by atoms with Crippen LogP contribution in [0.4, 0.5) is 16.2 Å². The molecular weight excluding hydrogens is 362 g/mol. The van der Waals surface area contributed by atoms with Crippen LogP contribution in [0.3, 0.4) is 0 Å². The molecule has 1 fully saturated rings. The number of likely N-dealkylation sites (tertiary alicyclic amines) is 1. The number of amides is 2. The van der Waals surface area contributed by atoms with Gasteiger partial charge in [0, 0.05) is 37.6 Å². The van der Waals surface area contributed by atoms with Gasteiger partial charge in [-0.1, -0.05) is 30.3 Å². The number of nitrogens with one attached hydrogen (secondary N) is 2. The number of guanidine groups is 1. The van der Waals surface area contributed by atoms with Crippen LogP contribution < -0.4 is 15.5 Å². The molecule has 0 aromatic heterocycles. The van der Waals surface area contributed by atoms with E-state index < -0.39 is 0 Å². The fourth-order valence-electron chi connectivity index (χ4n) is 3.99. The third-order valence-corrected chi connectivity index (χ3v) is 5.46. The quantitative estimate of drug-likeness (QED) is 0.615. The zero-order valence-corrected chi connectivity index (χ0v) is 17.0. The standard InChI is InChI=1S/C23H29N5O/c1-2-24-22(28-15-12-19-9-3-4-11-21(19)28)25-17-18-8-7-10-20(16-18)26-23(29)27-13-5-6-14-27/h3-4,7-11,16H,2,5-6,12-15,17H2,1H3,(H,24,25)(H,26,29). The summed E-state index contributed by atoms with van der Waals surface area (Å²) in [6.45, 7) is 6.11. The number of hydrogen-bond acceptors (Lipinski definition) is 2. The molecule has 0 radical (unpaired) electrons. The first kappa shape index (κ1) is 19.3. The van der Waals surface area contributed by atoms with Crippen LogP contribution in [0.15, 0.2) is 53.5 Å². The van der Waals surface area contributed by atoms with Gasteiger partial charge in [0.1, 0.15) is 0 Å². The molecule has 2 amide bonds. The van der Waals surface area contributed by atoms with Crippen LogP contribution in [-0.4, -0.2) is 43.1 Å². The van der Waals surface area contributed by atoms with Gasteiger partial charge in [-0.15, -0.1) is 0 Å². The van der Waals surface area contributed by atoms with Crippen molar-refractivity contribution >= 4 is 23.4 Å². The minimum Gasteiger partial charge on any atom is -0.356 e. The van der Waals surface area contributed by atoms with Crippen LogP contribution >= 0.6 is 0 Å². The SMILES string of the molecule is CCNC(=NCc1cccc(NC(=O)N2CCCC2)c1)N1CCc2ccccc21. The van der Waals surface area contributed by atoms with Crippen LogP contribution in [0.1, 0.15) is 30.9 Å². The summed E-state index contributed by atoms with van der Waals surface area (Å²) in [5.41, 5.74) is 4.50. The molecule has 2 heterocycles. The first-order valence-electron chi connectivity index (χ1n) is 10.5. The van der Waals surface area contributed by atoms with Gasteiger partial charge in [-0.05, 0) is 55.5 Å². The first-order valence-corrected chi connectivity index (χ1v) is 10.5. The maximum absolute atomic E-state index is 12.3. The van der Waals surface area contributed by atoms with Crippen molar-refractivity contribution < 1.29 is 4.79 Å². The molecule has 1 saturated heterocycles. The molecule has 0 bridgehead atoms. The molecule has 152 valence electrons. The van der Waals surface area contributed by atoms with Gasteiger partial charge in [-0.3, -0.25) is 0 Å². The highest BCUT2D eigenvalue weighted by Crippen LogP contribution is 2.27. The number of carbonyl (C=O) groups is 1. The van der Waals surface area contributed by atoms with Crippen LogP contribution in [0.5, 0.6) is 0 Å². The Hall–Kier alpha value is -3.02. The Morgan fingerprint density at radius 3 is 2.72 bits per heavy atom. The number of rotatable bonds is 4. The second kappa shape index (κ2) is 8.99. The predicted molar refractivity (Wildman–Crippen MR) is 119 cm³/mol. The van der Waals surface area contributed by atoms with E-state index in [0.717, 1.165) is 62.7 Å². The molecule has 0 saturated carbocycles. The topological polar surface area (TPSA) is 60.0 Å². The van der Waals surface area contributed by atoms with Gasteiger partial charge in [0.05, 0.1) is 6.54 Å². The van der Waals surface area contributed by atoms with Crippen LogP contribution in [0, 0.1) is 0 Å². The number of nitrogens with zero attached hydrogens (tertiary/aromatic N) is 3. The second-order valence-corrected chi connectivity index (χ2v) is 7.53. The molecule has 2 aliphatic heterocycles. The summed E-state index contributed by atoms with van der Waals surface area (Å²) < 4.78 is 0. The lowest BCUT2D eigenvalue weighted by Gasteiger charge is -2.22. The molecule has 0 aliphatic carbocycles. The Kier molecular flexibility index (Phi) is 5.98. The molecule has 2 aliphatic rings. The van der Waals surface area contributed by atoms with E-state index in [1.54, 1.807) is 0 Å². The van der Waals surface area contributed by atoms with E-state index in [9.17, 15) is 4.79 Å². The van der Waals surface area contributed by atoms with E-state index in [1.165, 1.54) is 11.3 Å². The van der Waals surface area contributed by atoms with Crippen molar-refractivity contribution in [2.45, 2.75) is 32.7 Å². The number of urea groups is 1. The summed E-state index contributed by atoms with van der Waals surface area (Å²) in [7, 11) is 0. The number of carbonyl (C=O) groups excluding carboxylic acids is 1. The zero-order chi connectivity index (χ0) is 20.1. The number of benzene rings is 2. The Morgan fingerprint density at radius 2 is 1.90 bits per heavy atom. The molecular formula is C23H29N5O. The van der Waals surface area contributed by atoms with Crippen molar-refractivity contribution in [3.8, 4) is 0 Å². The van der Waals surface area contributed by atoms with Gasteiger partial charge in [0.2, 0.25) is 0 Å². The molecule has 2 aromatic rings. The Bertz CT molecular complexity index is 888. The molecule has 0 atom stereocenters. The lowest BCUT2D eigenvalue weighted by molar-refractivity contribution is 0.222. The zero-order valence-electron chi connectivity index (χ0n) is 17.0. The van der Waals surface area contributed by atoms with Crippen molar-refractivity contribution in [3.63, 3.8) is 0 Å². The summed E-state index contributed by atoms with van der Waals surface area (Å²) >= 11 is 0. The summed E-state index contributed by atoms with van der Waals surface area (Å²) in [4.78, 5) is 21.3. The average molecular weight is 392 g/mol. The maximum Gasteiger partial charge on any atom is 0.321 e. The lowest BCUT2D eigenvalue weighted by atomic mass is 10.2. The highest BCUT2D eigenvalue weighted by atomic mass is 16.2. The molecule has 6 heteroatoms. The third kappa shape index (κ3) is 4.53. The Balaban J connectivity index is 1.46. The Labute approximate surface area is 172 Å². The highest BCUT2D eigenvalue weighted by molar-refractivity contribution is 5.98. The first-order chi connectivity index (χ1) is 14.2. The normalized spacial score (nSPS) is 16.1. The molecule has 2 aromatic carbocycles. The molecule has 0 spiro atoms. The molecule has 6 nitrogen and oxygen atoms in total. The van der Waals surface area contributed by atoms with Gasteiger partial charge in [-0.25, -0.2) is 9.79 Å². The largest absolute Gasteiger partial charge is 0.356 e. The minimum absolute atomic E-state index is 0.00911. The van der Waals surface area contributed by atoms with Crippen molar-refractivity contribution in [2.75, 3.05) is 36.4 Å². The third-order valence-electron chi connectivity index (χ3n) is 5.46. The molecule has 0 unspecified atom stereocenters. The van der Waals surface area contributed by atoms with E-state index in [0.29, 0.717) is 6.54 Å². The van der Waals surface area contributed by atoms with Gasteiger partial charge in [0.15, 0.2) is 5.96 Å². The summed E-state index contributed by atoms with van der Waals surface area (Å²) in [6, 6.07) is 16.5. The van der Waals surface area contributed by atoms with Gasteiger partial charge in [-0.2, -0.15) is 0 Å². The summed E-state index contributed by atoms with van der Waals surface area (Å²) in [5.74, 6) is 0.906. The number of fused-ring (bicyclic) bond motifs is 1. The minimum atomic E-state index is -0.00911. The fraction of sp³-hybridized carbons (Fsp3) is 0.391. The van der Waals surface area contributed by atoms with Gasteiger partial charge < -0.3 is 20.4 Å². The van der Waals surface area contributed by atoms with E-state index in [4.69, 9.17) is 4.99 Å². The molecule has 29 heavy (non-hydrogen) atoms.